The lowest BCUT2D eigenvalue weighted by atomic mass is 10.1. The number of nitrogens with zero attached hydrogens (tertiary/aromatic N) is 1. The summed E-state index contributed by atoms with van der Waals surface area (Å²) in [5.74, 6) is -0.247. The highest BCUT2D eigenvalue weighted by Crippen LogP contribution is 2.24. The van der Waals surface area contributed by atoms with Crippen molar-refractivity contribution in [2.75, 3.05) is 6.61 Å². The summed E-state index contributed by atoms with van der Waals surface area (Å²) in [6, 6.07) is 5.07. The highest BCUT2D eigenvalue weighted by Gasteiger charge is 2.13. The minimum absolute atomic E-state index is 0.245. The van der Waals surface area contributed by atoms with Gasteiger partial charge in [-0.15, -0.1) is 0 Å². The van der Waals surface area contributed by atoms with Gasteiger partial charge in [-0.1, -0.05) is 5.16 Å². The third-order valence-corrected chi connectivity index (χ3v) is 3.16. The van der Waals surface area contributed by atoms with E-state index in [-0.39, 0.29) is 12.5 Å². The molecule has 122 valence electrons. The van der Waals surface area contributed by atoms with Crippen LogP contribution in [-0.2, 0) is 11.3 Å². The van der Waals surface area contributed by atoms with Crippen LogP contribution in [0.5, 0.6) is 5.75 Å². The van der Waals surface area contributed by atoms with E-state index in [1.54, 1.807) is 39.0 Å². The molecule has 0 fully saturated rings. The number of carboxylic acid groups (broad SMARTS) is 1. The minimum Gasteiger partial charge on any atom is -0.481 e. The highest BCUT2D eigenvalue weighted by molar-refractivity contribution is 5.94. The van der Waals surface area contributed by atoms with Crippen LogP contribution in [0.3, 0.4) is 0 Å². The first-order valence-corrected chi connectivity index (χ1v) is 7.03. The molecule has 0 radical (unpaired) electrons. The summed E-state index contributed by atoms with van der Waals surface area (Å²) in [4.78, 5) is 22.8. The zero-order valence-corrected chi connectivity index (χ0v) is 13.2. The number of amides is 1. The largest absolute Gasteiger partial charge is 0.481 e. The van der Waals surface area contributed by atoms with Crippen LogP contribution >= 0.6 is 0 Å². The molecule has 1 aromatic carbocycles. The van der Waals surface area contributed by atoms with E-state index in [0.29, 0.717) is 28.2 Å². The number of ether oxygens (including phenoxy) is 1. The maximum absolute atomic E-state index is 12.2. The third kappa shape index (κ3) is 4.32. The molecule has 1 aromatic heterocycles. The van der Waals surface area contributed by atoms with Gasteiger partial charge < -0.3 is 19.7 Å². The van der Waals surface area contributed by atoms with E-state index in [2.05, 4.69) is 10.5 Å². The van der Waals surface area contributed by atoms with Crippen molar-refractivity contribution in [1.29, 1.82) is 0 Å². The molecule has 0 aliphatic rings. The topological polar surface area (TPSA) is 102 Å². The van der Waals surface area contributed by atoms with Gasteiger partial charge in [0.2, 0.25) is 0 Å². The Balaban J connectivity index is 2.07. The van der Waals surface area contributed by atoms with Crippen molar-refractivity contribution >= 4 is 11.9 Å². The summed E-state index contributed by atoms with van der Waals surface area (Å²) >= 11 is 0. The van der Waals surface area contributed by atoms with Gasteiger partial charge in [0.15, 0.2) is 12.4 Å². The van der Waals surface area contributed by atoms with E-state index in [1.165, 1.54) is 0 Å². The fourth-order valence-corrected chi connectivity index (χ4v) is 2.21. The lowest BCUT2D eigenvalue weighted by Crippen LogP contribution is -2.23. The molecular weight excluding hydrogens is 300 g/mol. The Kier molecular flexibility index (Phi) is 5.00. The number of carbonyl (C=O) groups excluding carboxylic acids is 1. The Morgan fingerprint density at radius 1 is 1.22 bits per heavy atom. The summed E-state index contributed by atoms with van der Waals surface area (Å²) in [6.45, 7) is 5.16. The van der Waals surface area contributed by atoms with E-state index in [4.69, 9.17) is 14.4 Å². The molecule has 1 heterocycles. The second-order valence-corrected chi connectivity index (χ2v) is 5.24. The number of carboxylic acids is 1. The summed E-state index contributed by atoms with van der Waals surface area (Å²) < 4.78 is 10.3. The maximum Gasteiger partial charge on any atom is 0.341 e. The van der Waals surface area contributed by atoms with E-state index in [1.807, 2.05) is 0 Å². The Bertz CT molecular complexity index is 713. The van der Waals surface area contributed by atoms with Crippen LogP contribution in [0, 0.1) is 20.8 Å². The molecule has 2 N–H and O–H groups in total. The van der Waals surface area contributed by atoms with Crippen LogP contribution in [0.15, 0.2) is 22.7 Å². The zero-order valence-electron chi connectivity index (χ0n) is 13.2. The number of aliphatic carboxylic acids is 1. The Morgan fingerprint density at radius 3 is 2.39 bits per heavy atom. The van der Waals surface area contributed by atoms with Gasteiger partial charge in [-0.2, -0.15) is 0 Å². The highest BCUT2D eigenvalue weighted by atomic mass is 16.5. The molecule has 0 aliphatic heterocycles. The lowest BCUT2D eigenvalue weighted by molar-refractivity contribution is -0.139. The van der Waals surface area contributed by atoms with Gasteiger partial charge in [0.1, 0.15) is 5.75 Å². The van der Waals surface area contributed by atoms with Gasteiger partial charge in [-0.05, 0) is 44.0 Å². The molecular formula is C16H18N2O5. The Labute approximate surface area is 133 Å². The normalized spacial score (nSPS) is 10.4. The van der Waals surface area contributed by atoms with Crippen LogP contribution in [0.1, 0.15) is 32.9 Å². The summed E-state index contributed by atoms with van der Waals surface area (Å²) in [5.41, 5.74) is 2.62. The standard InChI is InChI=1S/C16H18N2O5/c1-9-4-12(5-10(2)15(9)22-8-14(19)20)16(21)17-7-13-6-11(3)18-23-13/h4-6H,7-8H2,1-3H3,(H,17,21)(H,19,20). The van der Waals surface area contributed by atoms with Gasteiger partial charge in [-0.25, -0.2) is 4.79 Å². The molecule has 2 aromatic rings. The molecule has 7 nitrogen and oxygen atoms in total. The second kappa shape index (κ2) is 6.95. The second-order valence-electron chi connectivity index (χ2n) is 5.24. The number of aryl methyl sites for hydroxylation is 3. The number of hydrogen-bond acceptors (Lipinski definition) is 5. The third-order valence-electron chi connectivity index (χ3n) is 3.16. The van der Waals surface area contributed by atoms with Crippen LogP contribution in [0.4, 0.5) is 0 Å². The van der Waals surface area contributed by atoms with Crippen molar-refractivity contribution in [3.05, 3.63) is 46.3 Å². The summed E-state index contributed by atoms with van der Waals surface area (Å²) in [6.07, 6.45) is 0. The molecule has 1 amide bonds. The monoisotopic (exact) mass is 318 g/mol. The minimum atomic E-state index is -1.05. The fraction of sp³-hybridized carbons (Fsp3) is 0.312. The Hall–Kier alpha value is -2.83. The van der Waals surface area contributed by atoms with Crippen molar-refractivity contribution in [1.82, 2.24) is 10.5 Å². The molecule has 23 heavy (non-hydrogen) atoms. The van der Waals surface area contributed by atoms with Crippen molar-refractivity contribution in [3.8, 4) is 5.75 Å². The van der Waals surface area contributed by atoms with Crippen molar-refractivity contribution < 1.29 is 24.0 Å². The number of nitrogens with one attached hydrogen (secondary N) is 1. The van der Waals surface area contributed by atoms with Gasteiger partial charge in [-0.3, -0.25) is 4.79 Å². The Morgan fingerprint density at radius 2 is 1.87 bits per heavy atom. The number of benzene rings is 1. The summed E-state index contributed by atoms with van der Waals surface area (Å²) in [7, 11) is 0. The molecule has 2 rings (SSSR count). The quantitative estimate of drug-likeness (QED) is 0.844. The summed E-state index contributed by atoms with van der Waals surface area (Å²) in [5, 5.41) is 15.2. The smallest absolute Gasteiger partial charge is 0.341 e. The van der Waals surface area contributed by atoms with Crippen LogP contribution in [-0.4, -0.2) is 28.7 Å². The SMILES string of the molecule is Cc1cc(CNC(=O)c2cc(C)c(OCC(=O)O)c(C)c2)on1. The van der Waals surface area contributed by atoms with Crippen molar-refractivity contribution in [2.45, 2.75) is 27.3 Å². The molecule has 0 saturated carbocycles. The molecule has 0 bridgehead atoms. The van der Waals surface area contributed by atoms with E-state index in [9.17, 15) is 9.59 Å². The molecule has 0 saturated heterocycles. The molecule has 0 spiro atoms. The van der Waals surface area contributed by atoms with Crippen LogP contribution in [0.25, 0.3) is 0 Å². The maximum atomic E-state index is 12.2. The molecule has 0 atom stereocenters. The first-order valence-electron chi connectivity index (χ1n) is 7.03. The van der Waals surface area contributed by atoms with Crippen molar-refractivity contribution in [3.63, 3.8) is 0 Å². The predicted octanol–water partition coefficient (Wildman–Crippen LogP) is 1.99. The molecule has 0 unspecified atom stereocenters. The van der Waals surface area contributed by atoms with E-state index >= 15 is 0 Å². The van der Waals surface area contributed by atoms with Crippen molar-refractivity contribution in [2.24, 2.45) is 0 Å². The van der Waals surface area contributed by atoms with Gasteiger partial charge in [0, 0.05) is 11.6 Å². The molecule has 0 aliphatic carbocycles. The lowest BCUT2D eigenvalue weighted by Gasteiger charge is -2.12. The van der Waals surface area contributed by atoms with Crippen LogP contribution < -0.4 is 10.1 Å². The van der Waals surface area contributed by atoms with Crippen LogP contribution in [0.2, 0.25) is 0 Å². The first kappa shape index (κ1) is 16.5. The fourth-order valence-electron chi connectivity index (χ4n) is 2.21. The zero-order chi connectivity index (χ0) is 17.0. The van der Waals surface area contributed by atoms with E-state index in [0.717, 1.165) is 5.69 Å². The number of hydrogen-bond donors (Lipinski definition) is 2. The van der Waals surface area contributed by atoms with Gasteiger partial charge in [0.05, 0.1) is 12.2 Å². The average Bonchev–Trinajstić information content (AvgIpc) is 2.89. The molecule has 7 heteroatoms. The van der Waals surface area contributed by atoms with Gasteiger partial charge >= 0.3 is 5.97 Å². The number of carbonyl (C=O) groups is 2. The number of rotatable bonds is 6. The predicted molar refractivity (Wildman–Crippen MR) is 81.5 cm³/mol. The number of aromatic nitrogens is 1. The average molecular weight is 318 g/mol. The van der Waals surface area contributed by atoms with Gasteiger partial charge in [0.25, 0.3) is 5.91 Å². The van der Waals surface area contributed by atoms with E-state index < -0.39 is 12.6 Å². The first-order chi connectivity index (χ1) is 10.9.